The molecule has 0 bridgehead atoms. The second-order valence-electron chi connectivity index (χ2n) is 4.26. The highest BCUT2D eigenvalue weighted by molar-refractivity contribution is 5.99. The molecule has 0 aliphatic carbocycles. The van der Waals surface area contributed by atoms with Crippen molar-refractivity contribution in [3.05, 3.63) is 48.2 Å². The zero-order valence-electron chi connectivity index (χ0n) is 10.4. The van der Waals surface area contributed by atoms with Crippen LogP contribution in [0.5, 0.6) is 0 Å². The van der Waals surface area contributed by atoms with Gasteiger partial charge in [-0.3, -0.25) is 9.89 Å². The van der Waals surface area contributed by atoms with Crippen molar-refractivity contribution in [2.24, 2.45) is 0 Å². The molecule has 1 heterocycles. The van der Waals surface area contributed by atoms with Crippen LogP contribution in [-0.2, 0) is 4.79 Å². The molecule has 92 valence electrons. The third-order valence-electron chi connectivity index (χ3n) is 2.38. The van der Waals surface area contributed by atoms with Crippen molar-refractivity contribution in [2.75, 3.05) is 5.32 Å². The Kier molecular flexibility index (Phi) is 3.57. The van der Waals surface area contributed by atoms with Crippen molar-refractivity contribution in [1.82, 2.24) is 10.2 Å². The number of amides is 1. The average Bonchev–Trinajstić information content (AvgIpc) is 2.82. The van der Waals surface area contributed by atoms with Gasteiger partial charge in [0.15, 0.2) is 0 Å². The molecule has 1 aromatic carbocycles. The minimum atomic E-state index is -0.107. The van der Waals surface area contributed by atoms with Gasteiger partial charge in [-0.15, -0.1) is 0 Å². The Morgan fingerprint density at radius 3 is 2.50 bits per heavy atom. The van der Waals surface area contributed by atoms with E-state index >= 15 is 0 Å². The van der Waals surface area contributed by atoms with Gasteiger partial charge >= 0.3 is 0 Å². The largest absolute Gasteiger partial charge is 0.323 e. The van der Waals surface area contributed by atoms with Crippen molar-refractivity contribution >= 4 is 11.6 Å². The molecule has 2 aromatic rings. The van der Waals surface area contributed by atoms with Gasteiger partial charge in [0.25, 0.3) is 0 Å². The molecule has 0 fully saturated rings. The third kappa shape index (κ3) is 3.07. The van der Waals surface area contributed by atoms with E-state index in [1.807, 2.05) is 44.2 Å². The summed E-state index contributed by atoms with van der Waals surface area (Å²) in [7, 11) is 0. The highest BCUT2D eigenvalue weighted by atomic mass is 16.1. The first kappa shape index (κ1) is 12.1. The lowest BCUT2D eigenvalue weighted by molar-refractivity contribution is -0.111. The number of benzene rings is 1. The molecule has 0 unspecified atom stereocenters. The second-order valence-corrected chi connectivity index (χ2v) is 4.26. The smallest absolute Gasteiger partial charge is 0.248 e. The van der Waals surface area contributed by atoms with Crippen LogP contribution >= 0.6 is 0 Å². The lowest BCUT2D eigenvalue weighted by Gasteiger charge is -2.03. The number of anilines is 1. The van der Waals surface area contributed by atoms with Gasteiger partial charge < -0.3 is 5.32 Å². The van der Waals surface area contributed by atoms with E-state index in [4.69, 9.17) is 0 Å². The summed E-state index contributed by atoms with van der Waals surface area (Å²) in [5.74, 6) is -0.107. The maximum Gasteiger partial charge on any atom is 0.248 e. The molecule has 0 aliphatic heterocycles. The number of rotatable bonds is 3. The van der Waals surface area contributed by atoms with Gasteiger partial charge in [-0.1, -0.05) is 17.7 Å². The first-order valence-electron chi connectivity index (χ1n) is 5.71. The summed E-state index contributed by atoms with van der Waals surface area (Å²) < 4.78 is 0. The van der Waals surface area contributed by atoms with Gasteiger partial charge in [0, 0.05) is 18.0 Å². The van der Waals surface area contributed by atoms with Crippen LogP contribution < -0.4 is 5.32 Å². The quantitative estimate of drug-likeness (QED) is 0.811. The molecule has 0 aliphatic rings. The fourth-order valence-electron chi connectivity index (χ4n) is 1.59. The number of aromatic amines is 1. The fraction of sp³-hybridized carbons (Fsp3) is 0.143. The average molecular weight is 241 g/mol. The Balaban J connectivity index is 2.09. The molecule has 4 heteroatoms. The first-order chi connectivity index (χ1) is 8.65. The fourth-order valence-corrected chi connectivity index (χ4v) is 1.59. The molecule has 0 atom stereocenters. The van der Waals surface area contributed by atoms with E-state index < -0.39 is 0 Å². The Hall–Kier alpha value is -2.36. The molecule has 1 aromatic heterocycles. The molecular formula is C14H15N3O. The van der Waals surface area contributed by atoms with Crippen LogP contribution in [0.25, 0.3) is 11.3 Å². The number of nitrogens with zero attached hydrogens (tertiary/aromatic N) is 1. The van der Waals surface area contributed by atoms with Gasteiger partial charge in [0.1, 0.15) is 0 Å². The minimum Gasteiger partial charge on any atom is -0.323 e. The number of H-pyrrole nitrogens is 1. The summed E-state index contributed by atoms with van der Waals surface area (Å²) in [6.45, 7) is 3.78. The lowest BCUT2D eigenvalue weighted by Crippen LogP contribution is -2.08. The first-order valence-corrected chi connectivity index (χ1v) is 5.71. The Labute approximate surface area is 106 Å². The highest BCUT2D eigenvalue weighted by Gasteiger charge is 2.01. The summed E-state index contributed by atoms with van der Waals surface area (Å²) >= 11 is 0. The Morgan fingerprint density at radius 1 is 1.22 bits per heavy atom. The number of hydrogen-bond acceptors (Lipinski definition) is 2. The van der Waals surface area contributed by atoms with Gasteiger partial charge in [-0.2, -0.15) is 5.10 Å². The van der Waals surface area contributed by atoms with E-state index in [2.05, 4.69) is 15.5 Å². The molecule has 1 amide bonds. The monoisotopic (exact) mass is 241 g/mol. The summed E-state index contributed by atoms with van der Waals surface area (Å²) in [6, 6.07) is 9.51. The zero-order chi connectivity index (χ0) is 13.0. The van der Waals surface area contributed by atoms with E-state index in [0.29, 0.717) is 0 Å². The number of hydrogen-bond donors (Lipinski definition) is 2. The number of carbonyl (C=O) groups is 1. The van der Waals surface area contributed by atoms with Gasteiger partial charge in [-0.25, -0.2) is 0 Å². The van der Waals surface area contributed by atoms with Crippen molar-refractivity contribution in [2.45, 2.75) is 13.8 Å². The Bertz CT molecular complexity index is 549. The minimum absolute atomic E-state index is 0.107. The third-order valence-corrected chi connectivity index (χ3v) is 2.38. The normalized spacial score (nSPS) is 9.89. The van der Waals surface area contributed by atoms with Crippen LogP contribution in [0.2, 0.25) is 0 Å². The van der Waals surface area contributed by atoms with Crippen LogP contribution in [0.4, 0.5) is 5.69 Å². The van der Waals surface area contributed by atoms with Gasteiger partial charge in [-0.05, 0) is 37.6 Å². The number of carbonyl (C=O) groups excluding carboxylic acids is 1. The molecule has 0 radical (unpaired) electrons. The summed E-state index contributed by atoms with van der Waals surface area (Å²) in [6.07, 6.45) is 3.28. The van der Waals surface area contributed by atoms with Crippen molar-refractivity contribution < 1.29 is 4.79 Å². The SMILES string of the molecule is CC(C)=CC(=O)Nc1ccc(-c2ccn[nH]2)cc1. The summed E-state index contributed by atoms with van der Waals surface area (Å²) in [5, 5.41) is 9.60. The summed E-state index contributed by atoms with van der Waals surface area (Å²) in [5.41, 5.74) is 3.74. The molecule has 18 heavy (non-hydrogen) atoms. The van der Waals surface area contributed by atoms with Gasteiger partial charge in [0.05, 0.1) is 5.69 Å². The predicted octanol–water partition coefficient (Wildman–Crippen LogP) is 2.98. The molecule has 4 nitrogen and oxygen atoms in total. The van der Waals surface area contributed by atoms with Crippen molar-refractivity contribution in [3.8, 4) is 11.3 Å². The van der Waals surface area contributed by atoms with Crippen molar-refractivity contribution in [3.63, 3.8) is 0 Å². The van der Waals surface area contributed by atoms with Gasteiger partial charge in [0.2, 0.25) is 5.91 Å². The van der Waals surface area contributed by atoms with Crippen molar-refractivity contribution in [1.29, 1.82) is 0 Å². The number of aromatic nitrogens is 2. The van der Waals surface area contributed by atoms with Crippen LogP contribution in [0.3, 0.4) is 0 Å². The molecule has 2 rings (SSSR count). The van der Waals surface area contributed by atoms with E-state index in [1.54, 1.807) is 12.3 Å². The predicted molar refractivity (Wildman–Crippen MR) is 72.1 cm³/mol. The number of nitrogens with one attached hydrogen (secondary N) is 2. The summed E-state index contributed by atoms with van der Waals surface area (Å²) in [4.78, 5) is 11.5. The highest BCUT2D eigenvalue weighted by Crippen LogP contribution is 2.18. The molecule has 2 N–H and O–H groups in total. The molecule has 0 saturated heterocycles. The van der Waals surface area contributed by atoms with E-state index in [0.717, 1.165) is 22.5 Å². The van der Waals surface area contributed by atoms with Crippen LogP contribution in [0.15, 0.2) is 48.2 Å². The van der Waals surface area contributed by atoms with Crippen LogP contribution in [-0.4, -0.2) is 16.1 Å². The maximum absolute atomic E-state index is 11.5. The molecule has 0 spiro atoms. The topological polar surface area (TPSA) is 57.8 Å². The maximum atomic E-state index is 11.5. The van der Waals surface area contributed by atoms with E-state index in [9.17, 15) is 4.79 Å². The lowest BCUT2D eigenvalue weighted by atomic mass is 10.1. The second kappa shape index (κ2) is 5.31. The zero-order valence-corrected chi connectivity index (χ0v) is 10.4. The standard InChI is InChI=1S/C14H15N3O/c1-10(2)9-14(18)16-12-5-3-11(4-6-12)13-7-8-15-17-13/h3-9H,1-2H3,(H,15,17)(H,16,18). The number of allylic oxidation sites excluding steroid dienone is 1. The van der Waals surface area contributed by atoms with E-state index in [-0.39, 0.29) is 5.91 Å². The van der Waals surface area contributed by atoms with Crippen LogP contribution in [0.1, 0.15) is 13.8 Å². The Morgan fingerprint density at radius 2 is 1.94 bits per heavy atom. The molecule has 0 saturated carbocycles. The van der Waals surface area contributed by atoms with Crippen LogP contribution in [0, 0.1) is 0 Å². The molecular weight excluding hydrogens is 226 g/mol. The van der Waals surface area contributed by atoms with E-state index in [1.165, 1.54) is 0 Å².